The predicted molar refractivity (Wildman–Crippen MR) is 67.4 cm³/mol. The van der Waals surface area contributed by atoms with E-state index in [1.165, 1.54) is 6.42 Å². The van der Waals surface area contributed by atoms with Gasteiger partial charge < -0.3 is 10.2 Å². The molecule has 1 N–H and O–H groups in total. The van der Waals surface area contributed by atoms with Crippen LogP contribution >= 0.6 is 0 Å². The summed E-state index contributed by atoms with van der Waals surface area (Å²) in [7, 11) is 0. The monoisotopic (exact) mass is 226 g/mol. The SMILES string of the molecule is CCC(CC)NC(=O)N1CC(C)CC(C)C1. The topological polar surface area (TPSA) is 32.3 Å². The van der Waals surface area contributed by atoms with E-state index in [2.05, 4.69) is 33.0 Å². The number of hydrogen-bond donors (Lipinski definition) is 1. The van der Waals surface area contributed by atoms with Crippen LogP contribution in [0.5, 0.6) is 0 Å². The molecule has 1 saturated heterocycles. The molecular weight excluding hydrogens is 200 g/mol. The highest BCUT2D eigenvalue weighted by Gasteiger charge is 2.25. The molecule has 3 nitrogen and oxygen atoms in total. The summed E-state index contributed by atoms with van der Waals surface area (Å²) < 4.78 is 0. The maximum Gasteiger partial charge on any atom is 0.317 e. The molecule has 3 heteroatoms. The molecule has 0 aromatic rings. The molecule has 0 aromatic heterocycles. The lowest BCUT2D eigenvalue weighted by atomic mass is 9.92. The molecule has 0 aromatic carbocycles. The Balaban J connectivity index is 2.46. The quantitative estimate of drug-likeness (QED) is 0.788. The highest BCUT2D eigenvalue weighted by Crippen LogP contribution is 2.20. The third-order valence-electron chi connectivity index (χ3n) is 3.47. The van der Waals surface area contributed by atoms with Crippen molar-refractivity contribution in [2.45, 2.75) is 53.0 Å². The van der Waals surface area contributed by atoms with E-state index in [1.807, 2.05) is 4.90 Å². The van der Waals surface area contributed by atoms with Crippen LogP contribution in [0.4, 0.5) is 4.79 Å². The van der Waals surface area contributed by atoms with Gasteiger partial charge in [-0.15, -0.1) is 0 Å². The van der Waals surface area contributed by atoms with Crippen molar-refractivity contribution >= 4 is 6.03 Å². The van der Waals surface area contributed by atoms with Crippen LogP contribution < -0.4 is 5.32 Å². The number of rotatable bonds is 3. The van der Waals surface area contributed by atoms with Gasteiger partial charge in [0.25, 0.3) is 0 Å². The second-order valence-electron chi connectivity index (χ2n) is 5.31. The molecular formula is C13H26N2O. The summed E-state index contributed by atoms with van der Waals surface area (Å²) in [4.78, 5) is 14.0. The number of carbonyl (C=O) groups is 1. The molecule has 0 aliphatic carbocycles. The first-order valence-electron chi connectivity index (χ1n) is 6.62. The summed E-state index contributed by atoms with van der Waals surface area (Å²) in [5.74, 6) is 1.27. The molecule has 0 bridgehead atoms. The second-order valence-corrected chi connectivity index (χ2v) is 5.31. The van der Waals surface area contributed by atoms with Crippen LogP contribution in [-0.2, 0) is 0 Å². The molecule has 94 valence electrons. The molecule has 1 aliphatic heterocycles. The lowest BCUT2D eigenvalue weighted by Crippen LogP contribution is -2.49. The van der Waals surface area contributed by atoms with E-state index in [9.17, 15) is 4.79 Å². The standard InChI is InChI=1S/C13H26N2O/c1-5-12(6-2)14-13(16)15-8-10(3)7-11(4)9-15/h10-12H,5-9H2,1-4H3,(H,14,16). The zero-order valence-corrected chi connectivity index (χ0v) is 11.1. The summed E-state index contributed by atoms with van der Waals surface area (Å²) in [6.07, 6.45) is 3.27. The van der Waals surface area contributed by atoms with Gasteiger partial charge >= 0.3 is 6.03 Å². The average Bonchev–Trinajstić information content (AvgIpc) is 2.24. The van der Waals surface area contributed by atoms with Crippen LogP contribution in [0.1, 0.15) is 47.0 Å². The van der Waals surface area contributed by atoms with Crippen LogP contribution in [0.15, 0.2) is 0 Å². The first kappa shape index (κ1) is 13.3. The summed E-state index contributed by atoms with van der Waals surface area (Å²) in [6.45, 7) is 10.5. The fourth-order valence-electron chi connectivity index (χ4n) is 2.59. The van der Waals surface area contributed by atoms with Crippen molar-refractivity contribution in [2.75, 3.05) is 13.1 Å². The zero-order chi connectivity index (χ0) is 12.1. The average molecular weight is 226 g/mol. The molecule has 0 radical (unpaired) electrons. The minimum atomic E-state index is 0.132. The van der Waals surface area contributed by atoms with Crippen LogP contribution in [0.2, 0.25) is 0 Å². The van der Waals surface area contributed by atoms with Crippen molar-refractivity contribution in [3.63, 3.8) is 0 Å². The fraction of sp³-hybridized carbons (Fsp3) is 0.923. The summed E-state index contributed by atoms with van der Waals surface area (Å²) in [6, 6.07) is 0.465. The molecule has 0 saturated carbocycles. The Bertz CT molecular complexity index is 216. The normalized spacial score (nSPS) is 25.9. The van der Waals surface area contributed by atoms with Gasteiger partial charge in [0.05, 0.1) is 0 Å². The second kappa shape index (κ2) is 6.12. The van der Waals surface area contributed by atoms with E-state index >= 15 is 0 Å². The van der Waals surface area contributed by atoms with Crippen LogP contribution in [0, 0.1) is 11.8 Å². The summed E-state index contributed by atoms with van der Waals surface area (Å²) in [5, 5.41) is 3.11. The molecule has 1 rings (SSSR count). The predicted octanol–water partition coefficient (Wildman–Crippen LogP) is 2.86. The van der Waals surface area contributed by atoms with E-state index in [4.69, 9.17) is 0 Å². The summed E-state index contributed by atoms with van der Waals surface area (Å²) in [5.41, 5.74) is 0. The molecule has 16 heavy (non-hydrogen) atoms. The number of hydrogen-bond acceptors (Lipinski definition) is 1. The van der Waals surface area contributed by atoms with Gasteiger partial charge in [0.2, 0.25) is 0 Å². The third-order valence-corrected chi connectivity index (χ3v) is 3.47. The van der Waals surface area contributed by atoms with Crippen LogP contribution in [0.3, 0.4) is 0 Å². The van der Waals surface area contributed by atoms with Crippen LogP contribution in [-0.4, -0.2) is 30.1 Å². The maximum atomic E-state index is 12.0. The minimum absolute atomic E-state index is 0.132. The van der Waals surface area contributed by atoms with Gasteiger partial charge in [-0.3, -0.25) is 0 Å². The lowest BCUT2D eigenvalue weighted by molar-refractivity contribution is 0.143. The van der Waals surface area contributed by atoms with E-state index in [1.54, 1.807) is 0 Å². The Morgan fingerprint density at radius 2 is 1.75 bits per heavy atom. The third kappa shape index (κ3) is 3.69. The number of piperidine rings is 1. The zero-order valence-electron chi connectivity index (χ0n) is 11.1. The largest absolute Gasteiger partial charge is 0.335 e. The number of nitrogens with zero attached hydrogens (tertiary/aromatic N) is 1. The van der Waals surface area contributed by atoms with Crippen molar-refractivity contribution in [3.05, 3.63) is 0 Å². The van der Waals surface area contributed by atoms with E-state index in [-0.39, 0.29) is 6.03 Å². The fourth-order valence-corrected chi connectivity index (χ4v) is 2.59. The molecule has 2 atom stereocenters. The van der Waals surface area contributed by atoms with Gasteiger partial charge in [-0.2, -0.15) is 0 Å². The van der Waals surface area contributed by atoms with Gasteiger partial charge in [0, 0.05) is 19.1 Å². The highest BCUT2D eigenvalue weighted by atomic mass is 16.2. The molecule has 2 unspecified atom stereocenters. The van der Waals surface area contributed by atoms with Gasteiger partial charge in [-0.1, -0.05) is 27.7 Å². The Morgan fingerprint density at radius 3 is 2.19 bits per heavy atom. The van der Waals surface area contributed by atoms with Crippen molar-refractivity contribution in [1.82, 2.24) is 10.2 Å². The van der Waals surface area contributed by atoms with Gasteiger partial charge in [-0.05, 0) is 31.1 Å². The van der Waals surface area contributed by atoms with Gasteiger partial charge in [-0.25, -0.2) is 4.79 Å². The molecule has 1 fully saturated rings. The first-order chi connectivity index (χ1) is 7.56. The first-order valence-corrected chi connectivity index (χ1v) is 6.62. The van der Waals surface area contributed by atoms with E-state index < -0.39 is 0 Å². The summed E-state index contributed by atoms with van der Waals surface area (Å²) >= 11 is 0. The molecule has 1 heterocycles. The highest BCUT2D eigenvalue weighted by molar-refractivity contribution is 5.74. The van der Waals surface area contributed by atoms with Crippen molar-refractivity contribution in [2.24, 2.45) is 11.8 Å². The molecule has 1 aliphatic rings. The van der Waals surface area contributed by atoms with Crippen molar-refractivity contribution in [1.29, 1.82) is 0 Å². The van der Waals surface area contributed by atoms with Gasteiger partial charge in [0.15, 0.2) is 0 Å². The Morgan fingerprint density at radius 1 is 1.25 bits per heavy atom. The minimum Gasteiger partial charge on any atom is -0.335 e. The Labute approximate surface area is 99.6 Å². The Kier molecular flexibility index (Phi) is 5.10. The number of likely N-dealkylation sites (tertiary alicyclic amines) is 1. The van der Waals surface area contributed by atoms with Crippen molar-refractivity contribution < 1.29 is 4.79 Å². The van der Waals surface area contributed by atoms with E-state index in [0.29, 0.717) is 17.9 Å². The number of carbonyl (C=O) groups excluding carboxylic acids is 1. The van der Waals surface area contributed by atoms with E-state index in [0.717, 1.165) is 25.9 Å². The van der Waals surface area contributed by atoms with Crippen LogP contribution in [0.25, 0.3) is 0 Å². The van der Waals surface area contributed by atoms with Gasteiger partial charge in [0.1, 0.15) is 0 Å². The Hall–Kier alpha value is -0.730. The lowest BCUT2D eigenvalue weighted by Gasteiger charge is -2.35. The molecule has 0 spiro atoms. The number of urea groups is 1. The van der Waals surface area contributed by atoms with Crippen molar-refractivity contribution in [3.8, 4) is 0 Å². The maximum absolute atomic E-state index is 12.0. The number of amides is 2. The smallest absolute Gasteiger partial charge is 0.317 e. The molecule has 2 amide bonds. The number of nitrogens with one attached hydrogen (secondary N) is 1.